The van der Waals surface area contributed by atoms with Crippen LogP contribution in [0.5, 0.6) is 0 Å². The zero-order valence-electron chi connectivity index (χ0n) is 8.87. The summed E-state index contributed by atoms with van der Waals surface area (Å²) in [7, 11) is 0. The second kappa shape index (κ2) is 4.81. The summed E-state index contributed by atoms with van der Waals surface area (Å²) in [5.41, 5.74) is -0.483. The van der Waals surface area contributed by atoms with Crippen LogP contribution in [0.3, 0.4) is 0 Å². The number of rotatable bonds is 2. The normalized spacial score (nSPS) is 11.3. The van der Waals surface area contributed by atoms with Crippen molar-refractivity contribution in [3.8, 4) is 0 Å². The Morgan fingerprint density at radius 3 is 2.61 bits per heavy atom. The van der Waals surface area contributed by atoms with Crippen molar-refractivity contribution in [3.63, 3.8) is 0 Å². The number of alkyl halides is 3. The van der Waals surface area contributed by atoms with Crippen LogP contribution in [0.4, 0.5) is 24.8 Å². The molecule has 1 N–H and O–H groups in total. The third kappa shape index (κ3) is 3.10. The van der Waals surface area contributed by atoms with E-state index in [1.807, 2.05) is 0 Å². The van der Waals surface area contributed by atoms with Gasteiger partial charge in [0.2, 0.25) is 5.95 Å². The molecule has 1 aromatic heterocycles. The average Bonchev–Trinajstić information content (AvgIpc) is 2.28. The van der Waals surface area contributed by atoms with E-state index in [2.05, 4.69) is 15.3 Å². The Morgan fingerprint density at radius 2 is 1.94 bits per heavy atom. The van der Waals surface area contributed by atoms with Crippen molar-refractivity contribution in [3.05, 3.63) is 47.2 Å². The van der Waals surface area contributed by atoms with Crippen molar-refractivity contribution in [1.82, 2.24) is 9.97 Å². The molecule has 0 saturated carbocycles. The second-order valence-electron chi connectivity index (χ2n) is 3.40. The zero-order valence-corrected chi connectivity index (χ0v) is 9.63. The molecule has 0 saturated heterocycles. The number of aromatic nitrogens is 2. The molecule has 94 valence electrons. The van der Waals surface area contributed by atoms with E-state index in [1.54, 1.807) is 24.3 Å². The van der Waals surface area contributed by atoms with Gasteiger partial charge in [0, 0.05) is 16.9 Å². The second-order valence-corrected chi connectivity index (χ2v) is 3.84. The highest BCUT2D eigenvalue weighted by Gasteiger charge is 2.32. The lowest BCUT2D eigenvalue weighted by molar-refractivity contribution is -0.141. The van der Waals surface area contributed by atoms with Gasteiger partial charge >= 0.3 is 6.18 Å². The molecule has 1 aromatic carbocycles. The van der Waals surface area contributed by atoms with Crippen LogP contribution in [0.1, 0.15) is 5.69 Å². The summed E-state index contributed by atoms with van der Waals surface area (Å²) in [5, 5.41) is 3.12. The number of benzene rings is 1. The topological polar surface area (TPSA) is 37.8 Å². The molecule has 3 nitrogen and oxygen atoms in total. The fourth-order valence-corrected chi connectivity index (χ4v) is 1.46. The van der Waals surface area contributed by atoms with Crippen LogP contribution in [0.15, 0.2) is 36.5 Å². The summed E-state index contributed by atoms with van der Waals surface area (Å²) in [5.74, 6) is -0.132. The highest BCUT2D eigenvalue weighted by molar-refractivity contribution is 6.30. The Kier molecular flexibility index (Phi) is 3.38. The van der Waals surface area contributed by atoms with Crippen LogP contribution >= 0.6 is 11.6 Å². The molecule has 0 aliphatic rings. The maximum absolute atomic E-state index is 12.4. The van der Waals surface area contributed by atoms with Gasteiger partial charge in [-0.25, -0.2) is 9.97 Å². The molecule has 2 rings (SSSR count). The standard InChI is InChI=1S/C11H7ClF3N3/c12-7-2-1-3-8(6-7)17-10-16-5-4-9(18-10)11(13,14)15/h1-6H,(H,16,17,18). The molecule has 0 unspecified atom stereocenters. The number of nitrogens with zero attached hydrogens (tertiary/aromatic N) is 2. The minimum absolute atomic E-state index is 0.132. The van der Waals surface area contributed by atoms with Gasteiger partial charge in [-0.05, 0) is 24.3 Å². The first kappa shape index (κ1) is 12.6. The molecular weight excluding hydrogens is 267 g/mol. The van der Waals surface area contributed by atoms with E-state index >= 15 is 0 Å². The van der Waals surface area contributed by atoms with Crippen LogP contribution in [0.25, 0.3) is 0 Å². The van der Waals surface area contributed by atoms with Crippen molar-refractivity contribution < 1.29 is 13.2 Å². The number of anilines is 2. The number of nitrogens with one attached hydrogen (secondary N) is 1. The van der Waals surface area contributed by atoms with Crippen molar-refractivity contribution in [1.29, 1.82) is 0 Å². The number of hydrogen-bond acceptors (Lipinski definition) is 3. The smallest absolute Gasteiger partial charge is 0.324 e. The third-order valence-corrected chi connectivity index (χ3v) is 2.26. The zero-order chi connectivity index (χ0) is 13.2. The first-order valence-corrected chi connectivity index (χ1v) is 5.26. The summed E-state index contributed by atoms with van der Waals surface area (Å²) < 4.78 is 37.3. The van der Waals surface area contributed by atoms with E-state index < -0.39 is 11.9 Å². The van der Waals surface area contributed by atoms with Gasteiger partial charge in [-0.3, -0.25) is 0 Å². The van der Waals surface area contributed by atoms with E-state index in [1.165, 1.54) is 0 Å². The van der Waals surface area contributed by atoms with E-state index in [-0.39, 0.29) is 5.95 Å². The lowest BCUT2D eigenvalue weighted by Gasteiger charge is -2.08. The predicted octanol–water partition coefficient (Wildman–Crippen LogP) is 3.89. The Labute approximate surface area is 106 Å². The van der Waals surface area contributed by atoms with Gasteiger partial charge in [-0.1, -0.05) is 17.7 Å². The highest BCUT2D eigenvalue weighted by Crippen LogP contribution is 2.28. The molecular formula is C11H7ClF3N3. The maximum atomic E-state index is 12.4. The molecule has 0 aliphatic carbocycles. The summed E-state index contributed by atoms with van der Waals surface area (Å²) >= 11 is 5.75. The number of halogens is 4. The lowest BCUT2D eigenvalue weighted by atomic mass is 10.3. The molecule has 18 heavy (non-hydrogen) atoms. The third-order valence-electron chi connectivity index (χ3n) is 2.03. The minimum Gasteiger partial charge on any atom is -0.324 e. The molecule has 0 aliphatic heterocycles. The number of hydrogen-bond donors (Lipinski definition) is 1. The Hall–Kier alpha value is -1.82. The van der Waals surface area contributed by atoms with E-state index in [9.17, 15) is 13.2 Å². The largest absolute Gasteiger partial charge is 0.433 e. The molecule has 0 fully saturated rings. The molecule has 0 bridgehead atoms. The lowest BCUT2D eigenvalue weighted by Crippen LogP contribution is -2.10. The summed E-state index contributed by atoms with van der Waals surface area (Å²) in [6.45, 7) is 0. The Morgan fingerprint density at radius 1 is 1.17 bits per heavy atom. The van der Waals surface area contributed by atoms with Crippen LogP contribution in [-0.4, -0.2) is 9.97 Å². The van der Waals surface area contributed by atoms with Crippen molar-refractivity contribution >= 4 is 23.2 Å². The minimum atomic E-state index is -4.49. The van der Waals surface area contributed by atoms with Crippen LogP contribution in [0.2, 0.25) is 5.02 Å². The van der Waals surface area contributed by atoms with Gasteiger partial charge in [0.25, 0.3) is 0 Å². The first-order valence-electron chi connectivity index (χ1n) is 4.88. The predicted molar refractivity (Wildman–Crippen MR) is 61.8 cm³/mol. The van der Waals surface area contributed by atoms with Crippen LogP contribution in [0, 0.1) is 0 Å². The van der Waals surface area contributed by atoms with Gasteiger partial charge in [0.05, 0.1) is 0 Å². The molecule has 0 spiro atoms. The van der Waals surface area contributed by atoms with Gasteiger partial charge < -0.3 is 5.32 Å². The summed E-state index contributed by atoms with van der Waals surface area (Å²) in [6, 6.07) is 7.34. The molecule has 0 atom stereocenters. The van der Waals surface area contributed by atoms with E-state index in [0.29, 0.717) is 10.7 Å². The Balaban J connectivity index is 2.25. The highest BCUT2D eigenvalue weighted by atomic mass is 35.5. The van der Waals surface area contributed by atoms with E-state index in [4.69, 9.17) is 11.6 Å². The summed E-state index contributed by atoms with van der Waals surface area (Å²) in [4.78, 5) is 7.09. The van der Waals surface area contributed by atoms with Gasteiger partial charge in [-0.15, -0.1) is 0 Å². The monoisotopic (exact) mass is 273 g/mol. The molecule has 2 aromatic rings. The average molecular weight is 274 g/mol. The first-order chi connectivity index (χ1) is 8.45. The fraction of sp³-hybridized carbons (Fsp3) is 0.0909. The summed E-state index contributed by atoms with van der Waals surface area (Å²) in [6.07, 6.45) is -3.45. The molecule has 0 amide bonds. The molecule has 1 heterocycles. The van der Waals surface area contributed by atoms with Crippen molar-refractivity contribution in [2.24, 2.45) is 0 Å². The Bertz CT molecular complexity index is 557. The van der Waals surface area contributed by atoms with E-state index in [0.717, 1.165) is 12.3 Å². The quantitative estimate of drug-likeness (QED) is 0.902. The SMILES string of the molecule is FC(F)(F)c1ccnc(Nc2cccc(Cl)c2)n1. The van der Waals surface area contributed by atoms with Crippen molar-refractivity contribution in [2.45, 2.75) is 6.18 Å². The molecule has 7 heteroatoms. The van der Waals surface area contributed by atoms with Gasteiger partial charge in [-0.2, -0.15) is 13.2 Å². The van der Waals surface area contributed by atoms with Crippen LogP contribution in [-0.2, 0) is 6.18 Å². The van der Waals surface area contributed by atoms with Crippen LogP contribution < -0.4 is 5.32 Å². The fourth-order valence-electron chi connectivity index (χ4n) is 1.27. The van der Waals surface area contributed by atoms with Gasteiger partial charge in [0.15, 0.2) is 0 Å². The maximum Gasteiger partial charge on any atom is 0.433 e. The van der Waals surface area contributed by atoms with Crippen molar-refractivity contribution in [2.75, 3.05) is 5.32 Å². The van der Waals surface area contributed by atoms with Gasteiger partial charge in [0.1, 0.15) is 5.69 Å². The molecule has 0 radical (unpaired) electrons.